The van der Waals surface area contributed by atoms with Crippen molar-refractivity contribution in [1.29, 1.82) is 0 Å². The van der Waals surface area contributed by atoms with E-state index in [9.17, 15) is 13.2 Å². The molecule has 1 fully saturated rings. The Hall–Kier alpha value is -2.02. The summed E-state index contributed by atoms with van der Waals surface area (Å²) in [6.45, 7) is 2.76. The van der Waals surface area contributed by atoms with Crippen LogP contribution in [0.1, 0.15) is 48.4 Å². The maximum absolute atomic E-state index is 13.6. The molecule has 1 aromatic carbocycles. The summed E-state index contributed by atoms with van der Waals surface area (Å²) in [5.74, 6) is 1.06. The SMILES string of the molecule is CN1CCC(c2nn(-c3ccccc3C(F)(F)F)c3c2CCCCN3)CC1. The number of benzene rings is 1. The predicted octanol–water partition coefficient (Wildman–Crippen LogP) is 4.45. The van der Waals surface area contributed by atoms with Crippen LogP contribution in [0.2, 0.25) is 0 Å². The van der Waals surface area contributed by atoms with Gasteiger partial charge < -0.3 is 10.2 Å². The van der Waals surface area contributed by atoms with E-state index >= 15 is 0 Å². The fraction of sp³-hybridized carbons (Fsp3) is 0.550. The van der Waals surface area contributed by atoms with Crippen LogP contribution in [0.25, 0.3) is 5.69 Å². The summed E-state index contributed by atoms with van der Waals surface area (Å²) in [6.07, 6.45) is 0.516. The van der Waals surface area contributed by atoms with E-state index in [0.29, 0.717) is 5.92 Å². The van der Waals surface area contributed by atoms with Gasteiger partial charge in [0.1, 0.15) is 5.82 Å². The molecule has 1 saturated heterocycles. The van der Waals surface area contributed by atoms with Gasteiger partial charge in [-0.15, -0.1) is 0 Å². The van der Waals surface area contributed by atoms with E-state index < -0.39 is 11.7 Å². The summed E-state index contributed by atoms with van der Waals surface area (Å²) < 4.78 is 42.3. The number of hydrogen-bond acceptors (Lipinski definition) is 3. The molecule has 4 nitrogen and oxygen atoms in total. The van der Waals surface area contributed by atoms with Gasteiger partial charge in [-0.05, 0) is 64.4 Å². The molecule has 0 spiro atoms. The number of para-hydroxylation sites is 1. The number of rotatable bonds is 2. The molecule has 0 amide bonds. The Bertz CT molecular complexity index is 804. The number of anilines is 1. The van der Waals surface area contributed by atoms with E-state index in [1.54, 1.807) is 6.07 Å². The van der Waals surface area contributed by atoms with E-state index in [1.165, 1.54) is 16.8 Å². The molecule has 1 N–H and O–H groups in total. The number of nitrogens with zero attached hydrogens (tertiary/aromatic N) is 3. The molecule has 27 heavy (non-hydrogen) atoms. The van der Waals surface area contributed by atoms with Gasteiger partial charge in [-0.2, -0.15) is 18.3 Å². The summed E-state index contributed by atoms with van der Waals surface area (Å²) in [5, 5.41) is 8.12. The zero-order valence-electron chi connectivity index (χ0n) is 15.5. The molecule has 2 aliphatic rings. The lowest BCUT2D eigenvalue weighted by atomic mass is 9.90. The van der Waals surface area contributed by atoms with Gasteiger partial charge in [0.2, 0.25) is 0 Å². The lowest BCUT2D eigenvalue weighted by Gasteiger charge is -2.28. The first-order valence-corrected chi connectivity index (χ1v) is 9.66. The molecular weight excluding hydrogens is 353 g/mol. The van der Waals surface area contributed by atoms with Gasteiger partial charge in [0.05, 0.1) is 16.9 Å². The van der Waals surface area contributed by atoms with Crippen molar-refractivity contribution in [3.05, 3.63) is 41.1 Å². The van der Waals surface area contributed by atoms with Crippen LogP contribution in [-0.2, 0) is 12.6 Å². The van der Waals surface area contributed by atoms with Gasteiger partial charge >= 0.3 is 6.18 Å². The van der Waals surface area contributed by atoms with Crippen LogP contribution in [0, 0.1) is 0 Å². The molecule has 2 aliphatic heterocycles. The van der Waals surface area contributed by atoms with Gasteiger partial charge in [-0.3, -0.25) is 0 Å². The number of hydrogen-bond donors (Lipinski definition) is 1. The van der Waals surface area contributed by atoms with Crippen molar-refractivity contribution < 1.29 is 13.2 Å². The standard InChI is InChI=1S/C20H25F3N4/c1-26-12-9-14(10-13-26)18-15-6-4-5-11-24-19(15)27(25-18)17-8-3-2-7-16(17)20(21,22)23/h2-3,7-8,14,24H,4-6,9-13H2,1H3. The van der Waals surface area contributed by atoms with Gasteiger partial charge in [-0.1, -0.05) is 12.1 Å². The molecule has 146 valence electrons. The van der Waals surface area contributed by atoms with Gasteiger partial charge in [0, 0.05) is 18.0 Å². The fourth-order valence-corrected chi connectivity index (χ4v) is 4.21. The normalized spacial score (nSPS) is 19.4. The van der Waals surface area contributed by atoms with Crippen LogP contribution in [0.5, 0.6) is 0 Å². The third kappa shape index (κ3) is 3.57. The van der Waals surface area contributed by atoms with Gasteiger partial charge in [0.25, 0.3) is 0 Å². The first kappa shape index (κ1) is 18.3. The molecule has 4 rings (SSSR count). The van der Waals surface area contributed by atoms with Crippen molar-refractivity contribution in [1.82, 2.24) is 14.7 Å². The minimum atomic E-state index is -4.41. The minimum absolute atomic E-state index is 0.106. The van der Waals surface area contributed by atoms with Crippen molar-refractivity contribution in [2.45, 2.75) is 44.2 Å². The number of piperidine rings is 1. The summed E-state index contributed by atoms with van der Waals surface area (Å²) >= 11 is 0. The largest absolute Gasteiger partial charge is 0.418 e. The molecule has 3 heterocycles. The van der Waals surface area contributed by atoms with E-state index in [1.807, 2.05) is 0 Å². The molecule has 1 aromatic heterocycles. The topological polar surface area (TPSA) is 33.1 Å². The number of alkyl halides is 3. The third-order valence-corrected chi connectivity index (χ3v) is 5.70. The zero-order chi connectivity index (χ0) is 19.0. The van der Waals surface area contributed by atoms with Crippen molar-refractivity contribution >= 4 is 5.82 Å². The Morgan fingerprint density at radius 1 is 1.11 bits per heavy atom. The first-order chi connectivity index (χ1) is 12.9. The molecule has 0 aliphatic carbocycles. The summed E-state index contributed by atoms with van der Waals surface area (Å²) in [4.78, 5) is 2.30. The highest BCUT2D eigenvalue weighted by molar-refractivity contribution is 5.57. The number of fused-ring (bicyclic) bond motifs is 1. The second kappa shape index (κ2) is 7.19. The number of likely N-dealkylation sites (tertiary alicyclic amines) is 1. The lowest BCUT2D eigenvalue weighted by Crippen LogP contribution is -2.29. The van der Waals surface area contributed by atoms with E-state index in [2.05, 4.69) is 17.3 Å². The quantitative estimate of drug-likeness (QED) is 0.838. The smallest absolute Gasteiger partial charge is 0.370 e. The molecule has 2 aromatic rings. The van der Waals surface area contributed by atoms with Gasteiger partial charge in [0.15, 0.2) is 0 Å². The lowest BCUT2D eigenvalue weighted by molar-refractivity contribution is -0.137. The van der Waals surface area contributed by atoms with Crippen LogP contribution in [0.4, 0.5) is 19.0 Å². The van der Waals surface area contributed by atoms with Crippen molar-refractivity contribution in [2.75, 3.05) is 32.0 Å². The Balaban J connectivity index is 1.83. The second-order valence-corrected chi connectivity index (χ2v) is 7.60. The molecule has 7 heteroatoms. The Kier molecular flexibility index (Phi) is 4.88. The van der Waals surface area contributed by atoms with Crippen LogP contribution < -0.4 is 5.32 Å². The second-order valence-electron chi connectivity index (χ2n) is 7.60. The minimum Gasteiger partial charge on any atom is -0.370 e. The summed E-state index contributed by atoms with van der Waals surface area (Å²) in [6, 6.07) is 5.72. The Morgan fingerprint density at radius 3 is 2.59 bits per heavy atom. The molecule has 0 atom stereocenters. The third-order valence-electron chi connectivity index (χ3n) is 5.70. The van der Waals surface area contributed by atoms with Gasteiger partial charge in [-0.25, -0.2) is 4.68 Å². The van der Waals surface area contributed by atoms with Crippen LogP contribution in [0.3, 0.4) is 0 Å². The zero-order valence-corrected chi connectivity index (χ0v) is 15.5. The van der Waals surface area contributed by atoms with E-state index in [4.69, 9.17) is 5.10 Å². The average Bonchev–Trinajstić information content (AvgIpc) is 2.83. The van der Waals surface area contributed by atoms with Crippen molar-refractivity contribution in [3.63, 3.8) is 0 Å². The van der Waals surface area contributed by atoms with Crippen molar-refractivity contribution in [2.24, 2.45) is 0 Å². The average molecular weight is 378 g/mol. The molecule has 0 saturated carbocycles. The maximum Gasteiger partial charge on any atom is 0.418 e. The molecular formula is C20H25F3N4. The number of halogens is 3. The summed E-state index contributed by atoms with van der Waals surface area (Å²) in [5.41, 5.74) is 1.56. The molecule has 0 unspecified atom stereocenters. The monoisotopic (exact) mass is 378 g/mol. The van der Waals surface area contributed by atoms with E-state index in [0.717, 1.165) is 74.9 Å². The highest BCUT2D eigenvalue weighted by atomic mass is 19.4. The Morgan fingerprint density at radius 2 is 1.85 bits per heavy atom. The molecule has 0 radical (unpaired) electrons. The summed E-state index contributed by atoms with van der Waals surface area (Å²) in [7, 11) is 2.11. The van der Waals surface area contributed by atoms with Crippen molar-refractivity contribution in [3.8, 4) is 5.69 Å². The highest BCUT2D eigenvalue weighted by Crippen LogP contribution is 2.39. The predicted molar refractivity (Wildman–Crippen MR) is 99.5 cm³/mol. The maximum atomic E-state index is 13.6. The number of aromatic nitrogens is 2. The first-order valence-electron chi connectivity index (χ1n) is 9.66. The van der Waals surface area contributed by atoms with Crippen LogP contribution in [0.15, 0.2) is 24.3 Å². The molecule has 0 bridgehead atoms. The van der Waals surface area contributed by atoms with E-state index in [-0.39, 0.29) is 5.69 Å². The fourth-order valence-electron chi connectivity index (χ4n) is 4.21. The van der Waals surface area contributed by atoms with Crippen LogP contribution >= 0.6 is 0 Å². The highest BCUT2D eigenvalue weighted by Gasteiger charge is 2.36. The Labute approximate surface area is 157 Å². The number of nitrogens with one attached hydrogen (secondary N) is 1. The van der Waals surface area contributed by atoms with Crippen LogP contribution in [-0.4, -0.2) is 41.4 Å².